The van der Waals surface area contributed by atoms with Crippen molar-refractivity contribution in [1.29, 1.82) is 0 Å². The number of benzene rings is 2. The van der Waals surface area contributed by atoms with Gasteiger partial charge in [0.1, 0.15) is 0 Å². The predicted octanol–water partition coefficient (Wildman–Crippen LogP) is 3.14. The first-order chi connectivity index (χ1) is 8.27. The van der Waals surface area contributed by atoms with Gasteiger partial charge in [-0.3, -0.25) is 9.59 Å². The van der Waals surface area contributed by atoms with Crippen LogP contribution in [0.15, 0.2) is 60.7 Å². The second-order valence-corrected chi connectivity index (χ2v) is 3.76. The van der Waals surface area contributed by atoms with Gasteiger partial charge in [0.25, 0.3) is 0 Å². The van der Waals surface area contributed by atoms with E-state index in [1.54, 1.807) is 48.5 Å². The Balaban J connectivity index is 0.00000162. The maximum atomic E-state index is 11.8. The van der Waals surface area contributed by atoms with Crippen LogP contribution in [0.25, 0.3) is 0 Å². The topological polar surface area (TPSA) is 34.1 Å². The average molecular weight is 280 g/mol. The van der Waals surface area contributed by atoms with Gasteiger partial charge in [0.2, 0.25) is 0 Å². The molecule has 0 bridgehead atoms. The van der Waals surface area contributed by atoms with E-state index in [9.17, 15) is 9.59 Å². The van der Waals surface area contributed by atoms with Crippen LogP contribution in [0.3, 0.4) is 0 Å². The molecule has 2 aromatic rings. The molecule has 0 radical (unpaired) electrons. The molecule has 0 aliphatic carbocycles. The van der Waals surface area contributed by atoms with E-state index in [1.165, 1.54) is 0 Å². The molecule has 0 saturated heterocycles. The number of rotatable bonds is 4. The molecule has 0 aliphatic rings. The zero-order valence-corrected chi connectivity index (χ0v) is 10.8. The summed E-state index contributed by atoms with van der Waals surface area (Å²) in [6.07, 6.45) is -0.0754. The maximum absolute atomic E-state index is 11.8. The predicted molar refractivity (Wildman–Crippen MR) is 66.2 cm³/mol. The van der Waals surface area contributed by atoms with Crippen molar-refractivity contribution in [2.24, 2.45) is 0 Å². The first-order valence-corrected chi connectivity index (χ1v) is 5.44. The van der Waals surface area contributed by atoms with Crippen LogP contribution in [0.4, 0.5) is 0 Å². The molecule has 0 amide bonds. The fourth-order valence-electron chi connectivity index (χ4n) is 1.60. The van der Waals surface area contributed by atoms with Crippen molar-refractivity contribution in [3.8, 4) is 0 Å². The van der Waals surface area contributed by atoms with Crippen molar-refractivity contribution < 1.29 is 26.7 Å². The molecule has 0 unspecified atom stereocenters. The summed E-state index contributed by atoms with van der Waals surface area (Å²) in [6, 6.07) is 17.7. The number of ketones is 2. The number of carbonyl (C=O) groups excluding carboxylic acids is 2. The van der Waals surface area contributed by atoms with E-state index in [-0.39, 0.29) is 35.1 Å². The van der Waals surface area contributed by atoms with Gasteiger partial charge in [-0.2, -0.15) is 0 Å². The number of carbonyl (C=O) groups is 2. The van der Waals surface area contributed by atoms with E-state index in [0.717, 1.165) is 0 Å². The molecule has 0 heterocycles. The van der Waals surface area contributed by atoms with Crippen LogP contribution in [0, 0.1) is 0 Å². The minimum Gasteiger partial charge on any atom is -0.294 e. The summed E-state index contributed by atoms with van der Waals surface area (Å²) in [4.78, 5) is 23.6. The second kappa shape index (κ2) is 6.90. The molecule has 0 saturated carbocycles. The fourth-order valence-corrected chi connectivity index (χ4v) is 1.60. The van der Waals surface area contributed by atoms with Crippen LogP contribution in [-0.4, -0.2) is 11.6 Å². The Hall–Kier alpha value is -1.70. The fraction of sp³-hybridized carbons (Fsp3) is 0.0667. The Morgan fingerprint density at radius 1 is 0.667 bits per heavy atom. The van der Waals surface area contributed by atoms with E-state index >= 15 is 0 Å². The van der Waals surface area contributed by atoms with E-state index in [1.807, 2.05) is 12.1 Å². The quantitative estimate of drug-likeness (QED) is 0.490. The standard InChI is InChI=1S/C15H12O2.Fe/c16-14(12-7-3-1-4-8-12)11-15(17)13-9-5-2-6-10-13;/h1-10H,11H2;. The molecule has 92 valence electrons. The largest absolute Gasteiger partial charge is 0.294 e. The van der Waals surface area contributed by atoms with E-state index in [0.29, 0.717) is 11.1 Å². The average Bonchev–Trinajstić information content (AvgIpc) is 2.40. The van der Waals surface area contributed by atoms with Crippen molar-refractivity contribution in [2.45, 2.75) is 6.42 Å². The first kappa shape index (κ1) is 14.4. The van der Waals surface area contributed by atoms with Crippen molar-refractivity contribution >= 4 is 11.6 Å². The van der Waals surface area contributed by atoms with E-state index in [4.69, 9.17) is 0 Å². The third-order valence-electron chi connectivity index (χ3n) is 2.51. The molecule has 2 aromatic carbocycles. The van der Waals surface area contributed by atoms with E-state index < -0.39 is 0 Å². The maximum Gasteiger partial charge on any atom is 0.170 e. The summed E-state index contributed by atoms with van der Waals surface area (Å²) in [5.41, 5.74) is 1.16. The van der Waals surface area contributed by atoms with Gasteiger partial charge in [0.05, 0.1) is 6.42 Å². The smallest absolute Gasteiger partial charge is 0.170 e. The van der Waals surface area contributed by atoms with Crippen LogP contribution in [-0.2, 0) is 17.1 Å². The van der Waals surface area contributed by atoms with Crippen LogP contribution in [0.5, 0.6) is 0 Å². The Labute approximate surface area is 117 Å². The minimum atomic E-state index is -0.139. The zero-order valence-electron chi connectivity index (χ0n) is 9.65. The number of hydrogen-bond donors (Lipinski definition) is 0. The zero-order chi connectivity index (χ0) is 12.1. The molecular weight excluding hydrogens is 268 g/mol. The summed E-state index contributed by atoms with van der Waals surface area (Å²) in [7, 11) is 0. The van der Waals surface area contributed by atoms with Gasteiger partial charge >= 0.3 is 0 Å². The van der Waals surface area contributed by atoms with Crippen molar-refractivity contribution in [3.63, 3.8) is 0 Å². The van der Waals surface area contributed by atoms with Gasteiger partial charge in [-0.15, -0.1) is 0 Å². The molecular formula is C15H12FeO2. The molecule has 2 rings (SSSR count). The van der Waals surface area contributed by atoms with Crippen LogP contribution in [0.2, 0.25) is 0 Å². The van der Waals surface area contributed by atoms with Gasteiger partial charge in [0, 0.05) is 28.2 Å². The molecule has 0 N–H and O–H groups in total. The molecule has 0 fully saturated rings. The molecule has 3 heteroatoms. The normalized spacial score (nSPS) is 9.33. The second-order valence-electron chi connectivity index (χ2n) is 3.76. The molecule has 0 atom stereocenters. The number of Topliss-reactive ketones (excluding diaryl/α,β-unsaturated/α-hetero) is 2. The molecule has 0 aromatic heterocycles. The molecule has 0 aliphatic heterocycles. The summed E-state index contributed by atoms with van der Waals surface area (Å²) in [6.45, 7) is 0. The van der Waals surface area contributed by atoms with Crippen LogP contribution < -0.4 is 0 Å². The Kier molecular flexibility index (Phi) is 5.50. The minimum absolute atomic E-state index is 0. The molecule has 18 heavy (non-hydrogen) atoms. The van der Waals surface area contributed by atoms with Gasteiger partial charge in [-0.25, -0.2) is 0 Å². The molecule has 2 nitrogen and oxygen atoms in total. The summed E-state index contributed by atoms with van der Waals surface area (Å²) >= 11 is 0. The van der Waals surface area contributed by atoms with Gasteiger partial charge in [-0.1, -0.05) is 60.7 Å². The monoisotopic (exact) mass is 280 g/mol. The third kappa shape index (κ3) is 3.66. The SMILES string of the molecule is O=C(CC(=O)c1ccccc1)c1ccccc1.[Fe]. The van der Waals surface area contributed by atoms with Crippen LogP contribution >= 0.6 is 0 Å². The Morgan fingerprint density at radius 3 is 1.33 bits per heavy atom. The Morgan fingerprint density at radius 2 is 1.00 bits per heavy atom. The molecule has 0 spiro atoms. The van der Waals surface area contributed by atoms with Crippen molar-refractivity contribution in [2.75, 3.05) is 0 Å². The number of hydrogen-bond acceptors (Lipinski definition) is 2. The van der Waals surface area contributed by atoms with Crippen molar-refractivity contribution in [1.82, 2.24) is 0 Å². The first-order valence-electron chi connectivity index (χ1n) is 5.44. The van der Waals surface area contributed by atoms with Crippen LogP contribution in [0.1, 0.15) is 27.1 Å². The van der Waals surface area contributed by atoms with Gasteiger partial charge in [0.15, 0.2) is 11.6 Å². The summed E-state index contributed by atoms with van der Waals surface area (Å²) < 4.78 is 0. The van der Waals surface area contributed by atoms with E-state index in [2.05, 4.69) is 0 Å². The third-order valence-corrected chi connectivity index (χ3v) is 2.51. The summed E-state index contributed by atoms with van der Waals surface area (Å²) in [5.74, 6) is -0.279. The van der Waals surface area contributed by atoms with Gasteiger partial charge in [-0.05, 0) is 0 Å². The van der Waals surface area contributed by atoms with Gasteiger partial charge < -0.3 is 0 Å². The Bertz CT molecular complexity index is 471. The van der Waals surface area contributed by atoms with Crippen molar-refractivity contribution in [3.05, 3.63) is 71.8 Å². The summed E-state index contributed by atoms with van der Waals surface area (Å²) in [5, 5.41) is 0.